The molecule has 0 radical (unpaired) electrons. The van der Waals surface area contributed by atoms with E-state index in [2.05, 4.69) is 12.2 Å². The molecule has 2 atom stereocenters. The summed E-state index contributed by atoms with van der Waals surface area (Å²) in [6, 6.07) is 0. The Morgan fingerprint density at radius 3 is 2.86 bits per heavy atom. The summed E-state index contributed by atoms with van der Waals surface area (Å²) >= 11 is 0. The molecule has 3 nitrogen and oxygen atoms in total. The molecular weight excluding hydrogens is 202 g/mol. The predicted octanol–water partition coefficient (Wildman–Crippen LogP) is 1.56. The summed E-state index contributed by atoms with van der Waals surface area (Å²) in [5, 5.41) is 3.40. The fraction of sp³-hybridized carbons (Fsp3) is 1.00. The third kappa shape index (κ3) is 3.09. The van der Waals surface area contributed by atoms with E-state index in [-0.39, 0.29) is 18.1 Å². The van der Waals surface area contributed by atoms with Crippen LogP contribution in [-0.4, -0.2) is 32.1 Å². The van der Waals surface area contributed by atoms with E-state index in [0.717, 1.165) is 32.8 Å². The fourth-order valence-electron chi connectivity index (χ4n) is 2.29. The van der Waals surface area contributed by atoms with Crippen LogP contribution in [0.2, 0.25) is 0 Å². The summed E-state index contributed by atoms with van der Waals surface area (Å²) in [4.78, 5) is 0. The molecule has 0 aromatic carbocycles. The summed E-state index contributed by atoms with van der Waals surface area (Å²) in [6.45, 7) is 5.85. The van der Waals surface area contributed by atoms with Gasteiger partial charge < -0.3 is 9.47 Å². The second-order valence-electron chi connectivity index (χ2n) is 4.29. The summed E-state index contributed by atoms with van der Waals surface area (Å²) < 4.78 is 11.1. The number of hydrogen-bond donors (Lipinski definition) is 1. The van der Waals surface area contributed by atoms with Crippen LogP contribution < -0.4 is 5.32 Å². The van der Waals surface area contributed by atoms with Crippen molar-refractivity contribution in [2.75, 3.05) is 26.4 Å². The molecule has 0 spiro atoms. The number of nitrogens with one attached hydrogen (secondary N) is 1. The molecule has 2 fully saturated rings. The lowest BCUT2D eigenvalue weighted by atomic mass is 9.93. The Bertz CT molecular complexity index is 166. The molecule has 2 rings (SSSR count). The smallest absolute Gasteiger partial charge is 0.116 e. The van der Waals surface area contributed by atoms with Gasteiger partial charge in [0.05, 0.1) is 6.61 Å². The van der Waals surface area contributed by atoms with Gasteiger partial charge in [0.1, 0.15) is 5.72 Å². The number of halogens is 1. The van der Waals surface area contributed by atoms with Crippen LogP contribution in [0.5, 0.6) is 0 Å². The highest BCUT2D eigenvalue weighted by molar-refractivity contribution is 5.85. The van der Waals surface area contributed by atoms with Crippen molar-refractivity contribution in [3.05, 3.63) is 0 Å². The molecule has 0 aliphatic carbocycles. The SMILES string of the molecule is CC1(CC2CCCOC2)NCCO1.Cl. The lowest BCUT2D eigenvalue weighted by Gasteiger charge is -2.30. The van der Waals surface area contributed by atoms with Crippen molar-refractivity contribution in [1.29, 1.82) is 0 Å². The summed E-state index contributed by atoms with van der Waals surface area (Å²) in [5.41, 5.74) is -0.0780. The van der Waals surface area contributed by atoms with E-state index in [0.29, 0.717) is 5.92 Å². The van der Waals surface area contributed by atoms with E-state index in [9.17, 15) is 0 Å². The molecular formula is C10H20ClNO2. The number of rotatable bonds is 2. The van der Waals surface area contributed by atoms with E-state index in [1.807, 2.05) is 0 Å². The van der Waals surface area contributed by atoms with Gasteiger partial charge in [-0.1, -0.05) is 0 Å². The van der Waals surface area contributed by atoms with E-state index in [4.69, 9.17) is 9.47 Å². The Labute approximate surface area is 91.9 Å². The second-order valence-corrected chi connectivity index (χ2v) is 4.29. The first kappa shape index (κ1) is 12.2. The van der Waals surface area contributed by atoms with Crippen molar-refractivity contribution in [2.24, 2.45) is 5.92 Å². The molecule has 2 saturated heterocycles. The Kier molecular flexibility index (Phi) is 4.64. The minimum atomic E-state index is -0.0780. The first-order chi connectivity index (χ1) is 6.29. The first-order valence-corrected chi connectivity index (χ1v) is 5.25. The Morgan fingerprint density at radius 2 is 2.29 bits per heavy atom. The standard InChI is InChI=1S/C10H19NO2.ClH/c1-10(11-4-6-13-10)7-9-3-2-5-12-8-9;/h9,11H,2-8H2,1H3;1H. The highest BCUT2D eigenvalue weighted by Crippen LogP contribution is 2.26. The molecule has 0 aromatic rings. The van der Waals surface area contributed by atoms with Crippen LogP contribution in [-0.2, 0) is 9.47 Å². The van der Waals surface area contributed by atoms with Gasteiger partial charge >= 0.3 is 0 Å². The zero-order valence-corrected chi connectivity index (χ0v) is 9.57. The number of ether oxygens (including phenoxy) is 2. The molecule has 1 N–H and O–H groups in total. The van der Waals surface area contributed by atoms with E-state index < -0.39 is 0 Å². The molecule has 0 bridgehead atoms. The van der Waals surface area contributed by atoms with Crippen LogP contribution in [0.25, 0.3) is 0 Å². The van der Waals surface area contributed by atoms with Gasteiger partial charge in [-0.05, 0) is 32.1 Å². The zero-order valence-electron chi connectivity index (χ0n) is 8.75. The first-order valence-electron chi connectivity index (χ1n) is 5.25. The van der Waals surface area contributed by atoms with Crippen LogP contribution in [0.15, 0.2) is 0 Å². The molecule has 4 heteroatoms. The molecule has 0 amide bonds. The quantitative estimate of drug-likeness (QED) is 0.768. The molecule has 2 unspecified atom stereocenters. The average Bonchev–Trinajstić information content (AvgIpc) is 2.54. The predicted molar refractivity (Wildman–Crippen MR) is 57.8 cm³/mol. The highest BCUT2D eigenvalue weighted by atomic mass is 35.5. The molecule has 2 aliphatic rings. The van der Waals surface area contributed by atoms with Crippen LogP contribution in [0.1, 0.15) is 26.2 Å². The Balaban J connectivity index is 0.000000980. The maximum absolute atomic E-state index is 5.68. The number of hydrogen-bond acceptors (Lipinski definition) is 3. The van der Waals surface area contributed by atoms with E-state index >= 15 is 0 Å². The monoisotopic (exact) mass is 221 g/mol. The van der Waals surface area contributed by atoms with Crippen LogP contribution >= 0.6 is 12.4 Å². The zero-order chi connectivity index (χ0) is 9.15. The van der Waals surface area contributed by atoms with Gasteiger partial charge in [0, 0.05) is 19.8 Å². The van der Waals surface area contributed by atoms with Crippen molar-refractivity contribution in [3.63, 3.8) is 0 Å². The van der Waals surface area contributed by atoms with Crippen molar-refractivity contribution < 1.29 is 9.47 Å². The molecule has 84 valence electrons. The van der Waals surface area contributed by atoms with Crippen LogP contribution in [0.3, 0.4) is 0 Å². The van der Waals surface area contributed by atoms with Gasteiger partial charge in [0.25, 0.3) is 0 Å². The van der Waals surface area contributed by atoms with E-state index in [1.54, 1.807) is 0 Å². The molecule has 2 aliphatic heterocycles. The molecule has 14 heavy (non-hydrogen) atoms. The minimum Gasteiger partial charge on any atom is -0.381 e. The summed E-state index contributed by atoms with van der Waals surface area (Å²) in [7, 11) is 0. The Hall–Kier alpha value is 0.170. The van der Waals surface area contributed by atoms with Crippen molar-refractivity contribution in [1.82, 2.24) is 5.32 Å². The van der Waals surface area contributed by atoms with E-state index in [1.165, 1.54) is 12.8 Å². The van der Waals surface area contributed by atoms with Gasteiger partial charge in [-0.3, -0.25) is 5.32 Å². The Morgan fingerprint density at radius 1 is 1.43 bits per heavy atom. The van der Waals surface area contributed by atoms with Gasteiger partial charge in [-0.2, -0.15) is 0 Å². The maximum atomic E-state index is 5.68. The maximum Gasteiger partial charge on any atom is 0.116 e. The molecule has 0 saturated carbocycles. The lowest BCUT2D eigenvalue weighted by Crippen LogP contribution is -2.41. The van der Waals surface area contributed by atoms with Gasteiger partial charge in [-0.15, -0.1) is 12.4 Å². The van der Waals surface area contributed by atoms with Gasteiger partial charge in [0.2, 0.25) is 0 Å². The largest absolute Gasteiger partial charge is 0.381 e. The average molecular weight is 222 g/mol. The van der Waals surface area contributed by atoms with Gasteiger partial charge in [0.15, 0.2) is 0 Å². The summed E-state index contributed by atoms with van der Waals surface area (Å²) in [6.07, 6.45) is 3.59. The highest BCUT2D eigenvalue weighted by Gasteiger charge is 2.32. The van der Waals surface area contributed by atoms with Crippen molar-refractivity contribution >= 4 is 12.4 Å². The summed E-state index contributed by atoms with van der Waals surface area (Å²) in [5.74, 6) is 0.685. The third-order valence-corrected chi connectivity index (χ3v) is 2.95. The van der Waals surface area contributed by atoms with Crippen LogP contribution in [0, 0.1) is 5.92 Å². The second kappa shape index (κ2) is 5.31. The van der Waals surface area contributed by atoms with Gasteiger partial charge in [-0.25, -0.2) is 0 Å². The normalized spacial score (nSPS) is 37.9. The fourth-order valence-corrected chi connectivity index (χ4v) is 2.29. The van der Waals surface area contributed by atoms with Crippen molar-refractivity contribution in [3.8, 4) is 0 Å². The third-order valence-electron chi connectivity index (χ3n) is 2.95. The van der Waals surface area contributed by atoms with Crippen molar-refractivity contribution in [2.45, 2.75) is 31.9 Å². The molecule has 0 aromatic heterocycles. The topological polar surface area (TPSA) is 30.5 Å². The lowest BCUT2D eigenvalue weighted by molar-refractivity contribution is -0.0388. The van der Waals surface area contributed by atoms with Crippen LogP contribution in [0.4, 0.5) is 0 Å². The molecule has 2 heterocycles. The minimum absolute atomic E-state index is 0.